The number of nitrogens with one attached hydrogen (secondary N) is 2. The van der Waals surface area contributed by atoms with Gasteiger partial charge in [0.2, 0.25) is 0 Å². The van der Waals surface area contributed by atoms with Crippen molar-refractivity contribution in [3.05, 3.63) is 120 Å². The lowest BCUT2D eigenvalue weighted by Gasteiger charge is -2.13. The van der Waals surface area contributed by atoms with Gasteiger partial charge < -0.3 is 15.7 Å². The molecule has 0 saturated heterocycles. The first-order chi connectivity index (χ1) is 28.8. The molecule has 61 heavy (non-hydrogen) atoms. The Morgan fingerprint density at radius 2 is 1.23 bits per heavy atom. The number of alkyl halides is 6. The van der Waals surface area contributed by atoms with Crippen molar-refractivity contribution in [2.45, 2.75) is 58.3 Å². The minimum absolute atomic E-state index is 0.0404. The maximum atomic E-state index is 12.7. The van der Waals surface area contributed by atoms with E-state index >= 15 is 0 Å². The minimum Gasteiger partial charge on any atom is -0.478 e. The van der Waals surface area contributed by atoms with Crippen LogP contribution in [0.1, 0.15) is 75.1 Å². The van der Waals surface area contributed by atoms with Crippen LogP contribution in [0.5, 0.6) is 0 Å². The molecule has 16 heteroatoms. The third-order valence-electron chi connectivity index (χ3n) is 10.3. The monoisotopic (exact) mass is 841 g/mol. The zero-order valence-corrected chi connectivity index (χ0v) is 33.2. The van der Waals surface area contributed by atoms with E-state index in [0.29, 0.717) is 45.1 Å². The predicted octanol–water partition coefficient (Wildman–Crippen LogP) is 11.2. The number of imidazole rings is 2. The standard InChI is InChI=1S/C25H23F3N4O.C20H18F3N3O2/c1-3-17-11-20(30-9-8-25(26,27)28)23-31-13-21(32(23)14-17)18-4-5-19(16(2)10-18)22(33)12-24(15-29)6-7-24;1-3-13-9-16(24-7-6-20(21,22)23)18-25-10-17(26(18)11-13)14-4-5-15(19(27)28)12(2)8-14/h3-5,10-11,13-14,30H,1,6-9,12H2,2H3;3-5,8-11,24H,1,6-7H2,2H3,(H,27,28). The van der Waals surface area contributed by atoms with Crippen molar-refractivity contribution >= 4 is 46.6 Å². The first-order valence-electron chi connectivity index (χ1n) is 19.1. The molecule has 1 fully saturated rings. The van der Waals surface area contributed by atoms with E-state index in [1.165, 1.54) is 6.07 Å². The van der Waals surface area contributed by atoms with Gasteiger partial charge in [0.05, 0.1) is 65.0 Å². The van der Waals surface area contributed by atoms with Crippen molar-refractivity contribution in [2.24, 2.45) is 5.41 Å². The number of pyridine rings is 2. The molecule has 1 saturated carbocycles. The van der Waals surface area contributed by atoms with Crippen molar-refractivity contribution in [1.29, 1.82) is 5.26 Å². The molecule has 1 aliphatic carbocycles. The van der Waals surface area contributed by atoms with Gasteiger partial charge in [-0.25, -0.2) is 14.8 Å². The zero-order chi connectivity index (χ0) is 44.3. The molecule has 0 bridgehead atoms. The third-order valence-corrected chi connectivity index (χ3v) is 10.3. The Morgan fingerprint density at radius 3 is 1.59 bits per heavy atom. The summed E-state index contributed by atoms with van der Waals surface area (Å²) in [6.07, 6.45) is 1.42. The van der Waals surface area contributed by atoms with Crippen molar-refractivity contribution in [3.63, 3.8) is 0 Å². The number of benzene rings is 2. The van der Waals surface area contributed by atoms with E-state index < -0.39 is 36.6 Å². The van der Waals surface area contributed by atoms with Gasteiger partial charge in [-0.05, 0) is 79.3 Å². The number of aryl methyl sites for hydroxylation is 2. The maximum absolute atomic E-state index is 12.7. The molecule has 3 N–H and O–H groups in total. The number of anilines is 2. The van der Waals surface area contributed by atoms with E-state index in [2.05, 4.69) is 39.8 Å². The van der Waals surface area contributed by atoms with Gasteiger partial charge in [-0.1, -0.05) is 43.5 Å². The zero-order valence-electron chi connectivity index (χ0n) is 33.2. The second-order valence-corrected chi connectivity index (χ2v) is 14.9. The molecule has 0 radical (unpaired) electrons. The third kappa shape index (κ3) is 10.3. The number of fused-ring (bicyclic) bond motifs is 2. The van der Waals surface area contributed by atoms with Crippen LogP contribution in [0.25, 0.3) is 46.0 Å². The molecule has 0 atom stereocenters. The SMILES string of the molecule is C=Cc1cc(NCCC(F)(F)F)c2ncc(-c3ccc(C(=O)CC4(C#N)CC4)c(C)c3)n2c1.C=Cc1cc(NCCC(F)(F)F)c2ncc(-c3ccc(C(=O)O)c(C)c3)n2c1. The van der Waals surface area contributed by atoms with Gasteiger partial charge in [0.15, 0.2) is 17.1 Å². The van der Waals surface area contributed by atoms with Crippen LogP contribution in [0.2, 0.25) is 0 Å². The number of aromatic nitrogens is 4. The molecule has 7 rings (SSSR count). The molecule has 1 aliphatic rings. The summed E-state index contributed by atoms with van der Waals surface area (Å²) in [7, 11) is 0. The average Bonchev–Trinajstić information content (AvgIpc) is 3.61. The fourth-order valence-electron chi connectivity index (χ4n) is 6.89. The number of ketones is 1. The minimum atomic E-state index is -4.25. The lowest BCUT2D eigenvalue weighted by molar-refractivity contribution is -0.132. The van der Waals surface area contributed by atoms with Crippen LogP contribution < -0.4 is 10.6 Å². The van der Waals surface area contributed by atoms with Crippen molar-refractivity contribution in [3.8, 4) is 28.6 Å². The number of carboxylic acid groups (broad SMARTS) is 1. The number of carboxylic acids is 1. The number of carbonyl (C=O) groups is 2. The van der Waals surface area contributed by atoms with Crippen LogP contribution in [0.15, 0.2) is 86.5 Å². The number of nitrogens with zero attached hydrogens (tertiary/aromatic N) is 5. The first-order valence-corrected chi connectivity index (χ1v) is 19.1. The molecule has 0 aliphatic heterocycles. The van der Waals surface area contributed by atoms with Crippen molar-refractivity contribution < 1.29 is 41.0 Å². The molecule has 4 heterocycles. The van der Waals surface area contributed by atoms with Crippen molar-refractivity contribution in [2.75, 3.05) is 23.7 Å². The topological polar surface area (TPSA) is 137 Å². The Bertz CT molecular complexity index is 2700. The van der Waals surface area contributed by atoms with Gasteiger partial charge in [0, 0.05) is 48.6 Å². The normalized spacial score (nSPS) is 13.2. The summed E-state index contributed by atoms with van der Waals surface area (Å²) in [6.45, 7) is 10.5. The number of aromatic carboxylic acids is 1. The van der Waals surface area contributed by atoms with Crippen LogP contribution in [0, 0.1) is 30.6 Å². The quantitative estimate of drug-likeness (QED) is 0.0728. The van der Waals surface area contributed by atoms with E-state index in [1.807, 2.05) is 25.3 Å². The molecular weight excluding hydrogens is 801 g/mol. The molecule has 10 nitrogen and oxygen atoms in total. The lowest BCUT2D eigenvalue weighted by Crippen LogP contribution is -2.15. The number of Topliss-reactive ketones (excluding diaryl/α,β-unsaturated/α-hetero) is 1. The Morgan fingerprint density at radius 1 is 0.787 bits per heavy atom. The number of hydrogen-bond acceptors (Lipinski definition) is 7. The molecule has 0 amide bonds. The first kappa shape index (κ1) is 43.7. The second kappa shape index (κ2) is 17.4. The molecule has 4 aromatic heterocycles. The second-order valence-electron chi connectivity index (χ2n) is 14.9. The molecule has 316 valence electrons. The highest BCUT2D eigenvalue weighted by atomic mass is 19.4. The Labute approximate surface area is 346 Å². The van der Waals surface area contributed by atoms with Crippen LogP contribution in [0.3, 0.4) is 0 Å². The lowest BCUT2D eigenvalue weighted by atomic mass is 9.93. The number of nitriles is 1. The predicted molar refractivity (Wildman–Crippen MR) is 222 cm³/mol. The summed E-state index contributed by atoms with van der Waals surface area (Å²) in [6, 6.07) is 16.1. The number of hydrogen-bond donors (Lipinski definition) is 3. The summed E-state index contributed by atoms with van der Waals surface area (Å²) >= 11 is 0. The highest BCUT2D eigenvalue weighted by molar-refractivity contribution is 5.99. The Kier molecular flexibility index (Phi) is 12.4. The molecule has 0 unspecified atom stereocenters. The maximum Gasteiger partial charge on any atom is 0.390 e. The smallest absolute Gasteiger partial charge is 0.390 e. The molecule has 0 spiro atoms. The van der Waals surface area contributed by atoms with E-state index in [9.17, 15) is 46.3 Å². The van der Waals surface area contributed by atoms with Crippen LogP contribution in [-0.2, 0) is 0 Å². The largest absolute Gasteiger partial charge is 0.478 e. The van der Waals surface area contributed by atoms with Gasteiger partial charge in [0.1, 0.15) is 0 Å². The van der Waals surface area contributed by atoms with Crippen LogP contribution in [0.4, 0.5) is 37.7 Å². The highest BCUT2D eigenvalue weighted by Gasteiger charge is 2.45. The van der Waals surface area contributed by atoms with Crippen LogP contribution in [-0.4, -0.2) is 61.1 Å². The van der Waals surface area contributed by atoms with Gasteiger partial charge in [0.25, 0.3) is 0 Å². The number of carbonyl (C=O) groups excluding carboxylic acids is 1. The summed E-state index contributed by atoms with van der Waals surface area (Å²) in [4.78, 5) is 32.7. The average molecular weight is 842 g/mol. The highest BCUT2D eigenvalue weighted by Crippen LogP contribution is 2.49. The van der Waals surface area contributed by atoms with Crippen LogP contribution >= 0.6 is 0 Å². The summed E-state index contributed by atoms with van der Waals surface area (Å²) < 4.78 is 78.6. The fraction of sp³-hybridized carbons (Fsp3) is 0.267. The number of halogens is 6. The van der Waals surface area contributed by atoms with E-state index in [4.69, 9.17) is 0 Å². The van der Waals surface area contributed by atoms with E-state index in [0.717, 1.165) is 40.8 Å². The van der Waals surface area contributed by atoms with E-state index in [1.54, 1.807) is 76.8 Å². The summed E-state index contributed by atoms with van der Waals surface area (Å²) in [5, 5.41) is 24.1. The molecular formula is C45H41F6N7O3. The Balaban J connectivity index is 0.000000207. The number of rotatable bonds is 14. The molecule has 2 aromatic carbocycles. The van der Waals surface area contributed by atoms with Crippen molar-refractivity contribution in [1.82, 2.24) is 18.8 Å². The van der Waals surface area contributed by atoms with Gasteiger partial charge in [-0.15, -0.1) is 0 Å². The van der Waals surface area contributed by atoms with Gasteiger partial charge in [-0.2, -0.15) is 31.6 Å². The van der Waals surface area contributed by atoms with E-state index in [-0.39, 0.29) is 30.9 Å². The molecule has 6 aromatic rings. The Hall–Kier alpha value is -6.89. The summed E-state index contributed by atoms with van der Waals surface area (Å²) in [5.41, 5.74) is 8.06. The van der Waals surface area contributed by atoms with Gasteiger partial charge in [-0.3, -0.25) is 13.6 Å². The summed E-state index contributed by atoms with van der Waals surface area (Å²) in [5.74, 6) is -1.05. The fourth-order valence-corrected chi connectivity index (χ4v) is 6.89. The van der Waals surface area contributed by atoms with Gasteiger partial charge >= 0.3 is 18.3 Å².